The fraction of sp³-hybridized carbons (Fsp3) is 0.519. The van der Waals surface area contributed by atoms with Crippen molar-refractivity contribution in [3.8, 4) is 34.5 Å². The smallest absolute Gasteiger partial charge is 0.229 e. The van der Waals surface area contributed by atoms with Gasteiger partial charge in [0.1, 0.15) is 59.4 Å². The van der Waals surface area contributed by atoms with E-state index in [1.54, 1.807) is 0 Å². The minimum Gasteiger partial charge on any atom is -0.508 e. The van der Waals surface area contributed by atoms with Crippen molar-refractivity contribution in [1.82, 2.24) is 0 Å². The van der Waals surface area contributed by atoms with E-state index >= 15 is 0 Å². The van der Waals surface area contributed by atoms with Crippen LogP contribution in [0.5, 0.6) is 34.5 Å². The Balaban J connectivity index is 1.50. The number of rotatable bonds is 5. The van der Waals surface area contributed by atoms with Gasteiger partial charge in [-0.05, 0) is 26.0 Å². The van der Waals surface area contributed by atoms with Crippen molar-refractivity contribution in [2.45, 2.75) is 87.5 Å². The number of hydrogen-bond donors (Lipinski definition) is 10. The average molecular weight is 613 g/mol. The lowest BCUT2D eigenvalue weighted by atomic mass is 9.91. The monoisotopic (exact) mass is 612 g/mol. The van der Waals surface area contributed by atoms with Crippen molar-refractivity contribution in [3.63, 3.8) is 0 Å². The molecule has 10 N–H and O–H groups in total. The Labute approximate surface area is 243 Å². The summed E-state index contributed by atoms with van der Waals surface area (Å²) in [6.07, 6.45) is -18.5. The minimum absolute atomic E-state index is 0.123. The van der Waals surface area contributed by atoms with Crippen molar-refractivity contribution < 1.29 is 79.5 Å². The first-order chi connectivity index (χ1) is 20.2. The van der Waals surface area contributed by atoms with Crippen molar-refractivity contribution >= 4 is 5.78 Å². The summed E-state index contributed by atoms with van der Waals surface area (Å²) in [5.41, 5.74) is -0.522. The third-order valence-electron chi connectivity index (χ3n) is 7.63. The second-order valence-electron chi connectivity index (χ2n) is 10.7. The first-order valence-electron chi connectivity index (χ1n) is 13.2. The molecule has 0 aliphatic carbocycles. The van der Waals surface area contributed by atoms with E-state index in [-0.39, 0.29) is 11.3 Å². The summed E-state index contributed by atoms with van der Waals surface area (Å²) in [6.45, 7) is 2.79. The van der Waals surface area contributed by atoms with Crippen LogP contribution in [-0.2, 0) is 14.2 Å². The number of hydrogen-bond acceptors (Lipinski definition) is 16. The summed E-state index contributed by atoms with van der Waals surface area (Å²) in [6, 6.07) is 3.92. The topological polar surface area (TPSA) is 266 Å². The molecule has 0 amide bonds. The second-order valence-corrected chi connectivity index (χ2v) is 10.7. The van der Waals surface area contributed by atoms with Crippen LogP contribution < -0.4 is 9.47 Å². The van der Waals surface area contributed by atoms with Gasteiger partial charge >= 0.3 is 0 Å². The number of fused-ring (bicyclic) bond motifs is 1. The summed E-state index contributed by atoms with van der Waals surface area (Å²) in [5, 5.41) is 103. The number of carbonyl (C=O) groups excluding carboxylic acids is 1. The molecule has 0 bridgehead atoms. The van der Waals surface area contributed by atoms with E-state index in [0.717, 1.165) is 24.3 Å². The first-order valence-corrected chi connectivity index (χ1v) is 13.2. The number of phenols is 4. The predicted octanol–water partition coefficient (Wildman–Crippen LogP) is -1.76. The van der Waals surface area contributed by atoms with Gasteiger partial charge in [0.15, 0.2) is 30.0 Å². The molecule has 2 aromatic rings. The van der Waals surface area contributed by atoms with Crippen LogP contribution in [0.25, 0.3) is 0 Å². The van der Waals surface area contributed by atoms with Gasteiger partial charge < -0.3 is 74.7 Å². The van der Waals surface area contributed by atoms with Crippen LogP contribution in [0, 0.1) is 0 Å². The van der Waals surface area contributed by atoms with Crippen LogP contribution in [0.1, 0.15) is 35.9 Å². The van der Waals surface area contributed by atoms with Gasteiger partial charge in [-0.15, -0.1) is 0 Å². The van der Waals surface area contributed by atoms with Gasteiger partial charge in [-0.2, -0.15) is 0 Å². The van der Waals surface area contributed by atoms with E-state index in [9.17, 15) is 55.9 Å². The molecular weight excluding hydrogens is 580 g/mol. The Morgan fingerprint density at radius 1 is 0.674 bits per heavy atom. The van der Waals surface area contributed by atoms with E-state index < -0.39 is 114 Å². The van der Waals surface area contributed by atoms with E-state index in [0.29, 0.717) is 0 Å². The number of aliphatic hydroxyl groups is 6. The van der Waals surface area contributed by atoms with Crippen LogP contribution in [0.15, 0.2) is 24.3 Å². The summed E-state index contributed by atoms with van der Waals surface area (Å²) in [4.78, 5) is 13.6. The van der Waals surface area contributed by atoms with E-state index in [2.05, 4.69) is 0 Å². The third kappa shape index (κ3) is 5.52. The van der Waals surface area contributed by atoms with Crippen molar-refractivity contribution in [3.05, 3.63) is 35.4 Å². The lowest BCUT2D eigenvalue weighted by Gasteiger charge is -2.42. The summed E-state index contributed by atoms with van der Waals surface area (Å²) in [5.74, 6) is -4.44. The average Bonchev–Trinajstić information content (AvgIpc) is 2.94. The number of ketones is 1. The maximum absolute atomic E-state index is 13.6. The number of Topliss-reactive ketones (excluding diaryl/α,β-unsaturated/α-hetero) is 1. The number of phenolic OH excluding ortho intramolecular Hbond substituents is 4. The largest absolute Gasteiger partial charge is 0.508 e. The number of benzene rings is 2. The highest BCUT2D eigenvalue weighted by molar-refractivity contribution is 6.05. The molecule has 12 atom stereocenters. The van der Waals surface area contributed by atoms with Gasteiger partial charge in [0.25, 0.3) is 0 Å². The van der Waals surface area contributed by atoms with E-state index in [1.807, 2.05) is 0 Å². The molecule has 0 saturated carbocycles. The molecule has 2 unspecified atom stereocenters. The van der Waals surface area contributed by atoms with Gasteiger partial charge in [0.05, 0.1) is 12.2 Å². The van der Waals surface area contributed by atoms with Gasteiger partial charge in [-0.1, -0.05) is 0 Å². The normalized spacial score (nSPS) is 37.8. The quantitative estimate of drug-likeness (QED) is 0.179. The number of ether oxygens (including phenoxy) is 5. The Morgan fingerprint density at radius 3 is 1.79 bits per heavy atom. The second kappa shape index (κ2) is 11.6. The molecule has 0 radical (unpaired) electrons. The van der Waals surface area contributed by atoms with Crippen molar-refractivity contribution in [1.29, 1.82) is 0 Å². The molecule has 16 nitrogen and oxygen atoms in total. The third-order valence-corrected chi connectivity index (χ3v) is 7.63. The Kier molecular flexibility index (Phi) is 8.34. The van der Waals surface area contributed by atoms with E-state index in [1.165, 1.54) is 13.8 Å². The van der Waals surface area contributed by atoms with Crippen molar-refractivity contribution in [2.75, 3.05) is 0 Å². The van der Waals surface area contributed by atoms with Crippen LogP contribution in [0.2, 0.25) is 0 Å². The molecule has 43 heavy (non-hydrogen) atoms. The minimum atomic E-state index is -1.83. The van der Waals surface area contributed by atoms with Gasteiger partial charge in [-0.3, -0.25) is 4.79 Å². The highest BCUT2D eigenvalue weighted by Crippen LogP contribution is 2.47. The molecule has 0 aromatic heterocycles. The van der Waals surface area contributed by atoms with Crippen LogP contribution in [0.4, 0.5) is 0 Å². The lowest BCUT2D eigenvalue weighted by Crippen LogP contribution is -2.59. The van der Waals surface area contributed by atoms with Gasteiger partial charge in [0, 0.05) is 17.7 Å². The summed E-state index contributed by atoms with van der Waals surface area (Å²) >= 11 is 0. The SMILES string of the molecule is C[C@@H]1O[C@@H](Oc2c(O)cc(C3Oc4cc(O)cc(O)c4C(=O)C3O[C@@H]3O[C@@H](C)[C@H](O)[C@@H](O)[C@H]3O)cc2O)[C@H](O)[C@H](O)[C@H]1O. The lowest BCUT2D eigenvalue weighted by molar-refractivity contribution is -0.304. The molecule has 2 aromatic carbocycles. The highest BCUT2D eigenvalue weighted by atomic mass is 16.7. The molecule has 2 saturated heterocycles. The molecule has 5 rings (SSSR count). The highest BCUT2D eigenvalue weighted by Gasteiger charge is 2.49. The predicted molar refractivity (Wildman–Crippen MR) is 137 cm³/mol. The molecule has 3 heterocycles. The van der Waals surface area contributed by atoms with Gasteiger partial charge in [0.2, 0.25) is 17.8 Å². The maximum atomic E-state index is 13.6. The Bertz CT molecular complexity index is 1340. The molecule has 0 spiro atoms. The van der Waals surface area contributed by atoms with Crippen molar-refractivity contribution in [2.24, 2.45) is 0 Å². The zero-order valence-corrected chi connectivity index (χ0v) is 22.7. The Morgan fingerprint density at radius 2 is 1.21 bits per heavy atom. The number of aromatic hydroxyl groups is 4. The standard InChI is InChI=1S/C27H32O16/c1-7-16(32)19(35)21(37)26(39-7)42-24-12(30)3-9(4-13(24)31)23-25(43-27-22(38)20(36)17(33)8(2)40-27)18(34)15-11(29)5-10(28)6-14(15)41-23/h3-8,16-17,19-23,25-33,35-38H,1-2H3/t7-,8-,16-,17-,19+,20+,21+,22+,23?,25?,26-,27-/m0/s1. The first kappa shape index (κ1) is 31.0. The zero-order valence-electron chi connectivity index (χ0n) is 22.7. The molecular formula is C27H32O16. The molecule has 3 aliphatic heterocycles. The van der Waals surface area contributed by atoms with Crippen LogP contribution >= 0.6 is 0 Å². The van der Waals surface area contributed by atoms with E-state index in [4.69, 9.17) is 23.7 Å². The number of carbonyl (C=O) groups is 1. The van der Waals surface area contributed by atoms with Crippen LogP contribution in [0.3, 0.4) is 0 Å². The zero-order chi connectivity index (χ0) is 31.5. The maximum Gasteiger partial charge on any atom is 0.229 e. The Hall–Kier alpha value is -3.45. The molecule has 16 heteroatoms. The summed E-state index contributed by atoms with van der Waals surface area (Å²) < 4.78 is 27.8. The fourth-order valence-electron chi connectivity index (χ4n) is 5.18. The summed E-state index contributed by atoms with van der Waals surface area (Å²) in [7, 11) is 0. The fourth-order valence-corrected chi connectivity index (χ4v) is 5.18. The molecule has 2 fully saturated rings. The molecule has 3 aliphatic rings. The number of aliphatic hydroxyl groups excluding tert-OH is 6. The van der Waals surface area contributed by atoms with Crippen LogP contribution in [-0.4, -0.2) is 124 Å². The molecule has 236 valence electrons. The van der Waals surface area contributed by atoms with Gasteiger partial charge in [-0.25, -0.2) is 0 Å².